The van der Waals surface area contributed by atoms with E-state index in [9.17, 15) is 4.39 Å². The summed E-state index contributed by atoms with van der Waals surface area (Å²) in [7, 11) is 0. The van der Waals surface area contributed by atoms with Crippen LogP contribution >= 0.6 is 0 Å². The third-order valence-corrected chi connectivity index (χ3v) is 1.72. The van der Waals surface area contributed by atoms with Crippen molar-refractivity contribution in [1.29, 1.82) is 0 Å². The number of aliphatic imine (C=N–C) groups is 1. The third kappa shape index (κ3) is 6.45. The predicted octanol–water partition coefficient (Wildman–Crippen LogP) is 3.20. The Hall–Kier alpha value is -1.71. The van der Waals surface area contributed by atoms with Crippen LogP contribution in [0.3, 0.4) is 0 Å². The van der Waals surface area contributed by atoms with Gasteiger partial charge < -0.3 is 4.84 Å². The molecule has 4 heteroatoms. The van der Waals surface area contributed by atoms with Crippen molar-refractivity contribution < 1.29 is 9.23 Å². The fraction of sp³-hybridized carbons (Fsp3) is 0.385. The quantitative estimate of drug-likeness (QED) is 0.584. The first-order valence-corrected chi connectivity index (χ1v) is 5.42. The SMILES string of the molecule is CC(C)(C)O/N=C/C=NCc1cccc(F)c1. The van der Waals surface area contributed by atoms with Gasteiger partial charge in [0.1, 0.15) is 11.4 Å². The second-order valence-electron chi connectivity index (χ2n) is 4.58. The molecule has 0 N–H and O–H groups in total. The summed E-state index contributed by atoms with van der Waals surface area (Å²) < 4.78 is 12.8. The van der Waals surface area contributed by atoms with Crippen molar-refractivity contribution in [2.45, 2.75) is 32.9 Å². The van der Waals surface area contributed by atoms with Crippen LogP contribution in [0.15, 0.2) is 34.4 Å². The second-order valence-corrected chi connectivity index (χ2v) is 4.58. The molecule has 0 radical (unpaired) electrons. The molecule has 0 saturated heterocycles. The van der Waals surface area contributed by atoms with Gasteiger partial charge in [-0.15, -0.1) is 0 Å². The normalized spacial score (nSPS) is 12.5. The van der Waals surface area contributed by atoms with Crippen molar-refractivity contribution in [3.05, 3.63) is 35.6 Å². The largest absolute Gasteiger partial charge is 0.390 e. The molecule has 0 unspecified atom stereocenters. The van der Waals surface area contributed by atoms with Crippen molar-refractivity contribution in [2.75, 3.05) is 0 Å². The van der Waals surface area contributed by atoms with E-state index in [4.69, 9.17) is 4.84 Å². The first kappa shape index (κ1) is 13.4. The van der Waals surface area contributed by atoms with Gasteiger partial charge in [-0.05, 0) is 38.5 Å². The molecule has 3 nitrogen and oxygen atoms in total. The fourth-order valence-corrected chi connectivity index (χ4v) is 1.06. The molecule has 0 fully saturated rings. The Kier molecular flexibility index (Phi) is 4.82. The van der Waals surface area contributed by atoms with Crippen LogP contribution in [0.5, 0.6) is 0 Å². The number of hydrogen-bond donors (Lipinski definition) is 0. The lowest BCUT2D eigenvalue weighted by Crippen LogP contribution is -2.15. The number of hydrogen-bond acceptors (Lipinski definition) is 3. The van der Waals surface area contributed by atoms with Gasteiger partial charge in [0.05, 0.1) is 12.8 Å². The minimum absolute atomic E-state index is 0.248. The maximum atomic E-state index is 12.8. The van der Waals surface area contributed by atoms with Gasteiger partial charge in [0, 0.05) is 6.21 Å². The van der Waals surface area contributed by atoms with Crippen molar-refractivity contribution in [3.63, 3.8) is 0 Å². The lowest BCUT2D eigenvalue weighted by molar-refractivity contribution is 0.00225. The summed E-state index contributed by atoms with van der Waals surface area (Å²) in [6.07, 6.45) is 3.02. The first-order chi connectivity index (χ1) is 7.97. The summed E-state index contributed by atoms with van der Waals surface area (Å²) in [4.78, 5) is 9.20. The van der Waals surface area contributed by atoms with E-state index in [0.29, 0.717) is 6.54 Å². The molecule has 17 heavy (non-hydrogen) atoms. The molecule has 0 aromatic heterocycles. The van der Waals surface area contributed by atoms with E-state index in [1.807, 2.05) is 26.8 Å². The monoisotopic (exact) mass is 236 g/mol. The summed E-state index contributed by atoms with van der Waals surface area (Å²) in [5, 5.41) is 3.74. The van der Waals surface area contributed by atoms with Crippen LogP contribution in [0.1, 0.15) is 26.3 Å². The molecule has 1 aromatic carbocycles. The van der Waals surface area contributed by atoms with Crippen molar-refractivity contribution in [3.8, 4) is 0 Å². The summed E-state index contributed by atoms with van der Waals surface area (Å²) in [5.74, 6) is -0.248. The van der Waals surface area contributed by atoms with E-state index in [2.05, 4.69) is 10.1 Å². The fourth-order valence-electron chi connectivity index (χ4n) is 1.06. The molecule has 1 rings (SSSR count). The van der Waals surface area contributed by atoms with Crippen molar-refractivity contribution in [2.24, 2.45) is 10.1 Å². The van der Waals surface area contributed by atoms with Crippen molar-refractivity contribution in [1.82, 2.24) is 0 Å². The standard InChI is InChI=1S/C13H17FN2O/c1-13(2,3)17-16-8-7-15-10-11-5-4-6-12(14)9-11/h4-9H,10H2,1-3H3/b15-7?,16-8+. The highest BCUT2D eigenvalue weighted by atomic mass is 19.1. The van der Waals surface area contributed by atoms with Gasteiger partial charge in [-0.1, -0.05) is 17.3 Å². The van der Waals surface area contributed by atoms with Crippen LogP contribution in [0.2, 0.25) is 0 Å². The Balaban J connectivity index is 2.36. The van der Waals surface area contributed by atoms with Crippen LogP contribution in [0.25, 0.3) is 0 Å². The molecule has 92 valence electrons. The Labute approximate surface area is 101 Å². The van der Waals surface area contributed by atoms with Crippen LogP contribution in [0.4, 0.5) is 4.39 Å². The maximum absolute atomic E-state index is 12.8. The molecule has 0 aliphatic heterocycles. The molecular formula is C13H17FN2O. The molecule has 0 bridgehead atoms. The summed E-state index contributed by atoms with van der Waals surface area (Å²) in [6, 6.07) is 6.35. The van der Waals surface area contributed by atoms with Crippen LogP contribution in [-0.2, 0) is 11.4 Å². The Morgan fingerprint density at radius 2 is 2.06 bits per heavy atom. The number of nitrogens with zero attached hydrogens (tertiary/aromatic N) is 2. The van der Waals surface area contributed by atoms with Crippen LogP contribution in [-0.4, -0.2) is 18.0 Å². The lowest BCUT2D eigenvalue weighted by atomic mass is 10.2. The molecule has 0 spiro atoms. The van der Waals surface area contributed by atoms with Gasteiger partial charge in [-0.2, -0.15) is 0 Å². The molecule has 0 atom stereocenters. The van der Waals surface area contributed by atoms with E-state index in [0.717, 1.165) is 5.56 Å². The van der Waals surface area contributed by atoms with Gasteiger partial charge in [0.15, 0.2) is 0 Å². The smallest absolute Gasteiger partial charge is 0.129 e. The average Bonchev–Trinajstić information content (AvgIpc) is 2.22. The highest BCUT2D eigenvalue weighted by molar-refractivity contribution is 6.15. The Morgan fingerprint density at radius 1 is 1.29 bits per heavy atom. The highest BCUT2D eigenvalue weighted by Crippen LogP contribution is 2.06. The van der Waals surface area contributed by atoms with E-state index in [1.54, 1.807) is 6.07 Å². The molecule has 0 aliphatic carbocycles. The number of benzene rings is 1. The second kappa shape index (κ2) is 6.13. The lowest BCUT2D eigenvalue weighted by Gasteiger charge is -2.14. The Bertz CT molecular complexity index is 408. The minimum atomic E-state index is -0.299. The molecule has 0 heterocycles. The topological polar surface area (TPSA) is 34.0 Å². The molecule has 1 aromatic rings. The van der Waals surface area contributed by atoms with E-state index >= 15 is 0 Å². The van der Waals surface area contributed by atoms with Gasteiger partial charge in [0.25, 0.3) is 0 Å². The number of halogens is 1. The molecule has 0 saturated carbocycles. The van der Waals surface area contributed by atoms with Gasteiger partial charge in [-0.25, -0.2) is 4.39 Å². The zero-order valence-electron chi connectivity index (χ0n) is 10.4. The van der Waals surface area contributed by atoms with Gasteiger partial charge in [-0.3, -0.25) is 4.99 Å². The average molecular weight is 236 g/mol. The number of oxime groups is 1. The third-order valence-electron chi connectivity index (χ3n) is 1.72. The van der Waals surface area contributed by atoms with Crippen LogP contribution in [0, 0.1) is 5.82 Å². The Morgan fingerprint density at radius 3 is 2.71 bits per heavy atom. The maximum Gasteiger partial charge on any atom is 0.129 e. The van der Waals surface area contributed by atoms with Crippen molar-refractivity contribution >= 4 is 12.4 Å². The van der Waals surface area contributed by atoms with Gasteiger partial charge >= 0.3 is 0 Å². The van der Waals surface area contributed by atoms with E-state index in [-0.39, 0.29) is 11.4 Å². The summed E-state index contributed by atoms with van der Waals surface area (Å²) in [6.45, 7) is 6.16. The van der Waals surface area contributed by atoms with Crippen LogP contribution < -0.4 is 0 Å². The molecular weight excluding hydrogens is 219 g/mol. The van der Waals surface area contributed by atoms with Gasteiger partial charge in [0.2, 0.25) is 0 Å². The zero-order chi connectivity index (χ0) is 12.7. The van der Waals surface area contributed by atoms with E-state index < -0.39 is 0 Å². The predicted molar refractivity (Wildman–Crippen MR) is 67.9 cm³/mol. The molecule has 0 amide bonds. The minimum Gasteiger partial charge on any atom is -0.390 e. The number of rotatable bonds is 4. The van der Waals surface area contributed by atoms with E-state index in [1.165, 1.54) is 24.6 Å². The summed E-state index contributed by atoms with van der Waals surface area (Å²) in [5.41, 5.74) is 0.527. The highest BCUT2D eigenvalue weighted by Gasteiger charge is 2.08. The zero-order valence-corrected chi connectivity index (χ0v) is 10.4. The summed E-state index contributed by atoms with van der Waals surface area (Å²) >= 11 is 0. The first-order valence-electron chi connectivity index (χ1n) is 5.42. The molecule has 0 aliphatic rings.